The monoisotopic (exact) mass is 355 g/mol. The molecule has 1 N–H and O–H groups in total. The van der Waals surface area contributed by atoms with Crippen molar-refractivity contribution in [3.8, 4) is 0 Å². The number of methoxy groups -OCH3 is 1. The van der Waals surface area contributed by atoms with Gasteiger partial charge in [-0.3, -0.25) is 9.78 Å². The van der Waals surface area contributed by atoms with Gasteiger partial charge in [0.25, 0.3) is 0 Å². The Morgan fingerprint density at radius 2 is 2.08 bits per heavy atom. The second-order valence-corrected chi connectivity index (χ2v) is 6.06. The lowest BCUT2D eigenvalue weighted by Gasteiger charge is -2.19. The zero-order valence-corrected chi connectivity index (χ0v) is 14.9. The highest BCUT2D eigenvalue weighted by molar-refractivity contribution is 5.85. The first-order valence-electron chi connectivity index (χ1n) is 8.60. The second-order valence-electron chi connectivity index (χ2n) is 6.06. The van der Waals surface area contributed by atoms with E-state index in [1.54, 1.807) is 25.4 Å². The number of amides is 1. The van der Waals surface area contributed by atoms with E-state index in [1.807, 2.05) is 18.5 Å². The predicted octanol–water partition coefficient (Wildman–Crippen LogP) is 3.44. The Kier molecular flexibility index (Phi) is 5.63. The molecule has 3 rings (SSSR count). The molecule has 1 amide bonds. The lowest BCUT2D eigenvalue weighted by atomic mass is 9.98. The van der Waals surface area contributed by atoms with Crippen molar-refractivity contribution < 1.29 is 13.9 Å². The summed E-state index contributed by atoms with van der Waals surface area (Å²) in [5.41, 5.74) is 2.79. The van der Waals surface area contributed by atoms with Gasteiger partial charge in [-0.25, -0.2) is 4.39 Å². The normalized spacial score (nSPS) is 12.3. The number of pyridine rings is 1. The number of nitrogens with one attached hydrogen (secondary N) is 1. The number of carbonyl (C=O) groups is 1. The maximum absolute atomic E-state index is 13.4. The van der Waals surface area contributed by atoms with E-state index in [1.165, 1.54) is 12.1 Å². The fourth-order valence-corrected chi connectivity index (χ4v) is 3.08. The minimum absolute atomic E-state index is 0.118. The van der Waals surface area contributed by atoms with Gasteiger partial charge in [-0.15, -0.1) is 0 Å². The molecule has 0 saturated carbocycles. The molecule has 0 saturated heterocycles. The minimum atomic E-state index is -0.377. The van der Waals surface area contributed by atoms with E-state index in [-0.39, 0.29) is 24.2 Å². The molecular weight excluding hydrogens is 333 g/mol. The molecule has 1 unspecified atom stereocenters. The molecule has 0 spiro atoms. The number of halogens is 1. The summed E-state index contributed by atoms with van der Waals surface area (Å²) in [7, 11) is 1.56. The van der Waals surface area contributed by atoms with Crippen molar-refractivity contribution in [2.45, 2.75) is 25.9 Å². The summed E-state index contributed by atoms with van der Waals surface area (Å²) in [6.45, 7) is 3.19. The van der Waals surface area contributed by atoms with E-state index in [0.717, 1.165) is 28.6 Å². The van der Waals surface area contributed by atoms with Crippen molar-refractivity contribution >= 4 is 16.8 Å². The van der Waals surface area contributed by atoms with E-state index in [9.17, 15) is 9.18 Å². The first-order valence-corrected chi connectivity index (χ1v) is 8.60. The summed E-state index contributed by atoms with van der Waals surface area (Å²) in [6, 6.07) is 7.78. The van der Waals surface area contributed by atoms with Crippen LogP contribution in [-0.4, -0.2) is 29.2 Å². The van der Waals surface area contributed by atoms with Crippen LogP contribution in [0.2, 0.25) is 0 Å². The van der Waals surface area contributed by atoms with Gasteiger partial charge in [0.15, 0.2) is 0 Å². The van der Waals surface area contributed by atoms with Crippen LogP contribution in [0.3, 0.4) is 0 Å². The SMILES string of the molecule is CCn1cc(C(NC(=O)CCOC)c2ccc(F)cc2)c2ccncc21. The van der Waals surface area contributed by atoms with E-state index < -0.39 is 0 Å². The molecule has 0 aliphatic rings. The molecule has 5 nitrogen and oxygen atoms in total. The van der Waals surface area contributed by atoms with Crippen molar-refractivity contribution in [2.75, 3.05) is 13.7 Å². The highest BCUT2D eigenvalue weighted by Crippen LogP contribution is 2.30. The Labute approximate surface area is 151 Å². The number of aromatic nitrogens is 2. The van der Waals surface area contributed by atoms with E-state index in [4.69, 9.17) is 4.74 Å². The molecule has 0 fully saturated rings. The summed E-state index contributed by atoms with van der Waals surface area (Å²) < 4.78 is 20.5. The third-order valence-electron chi connectivity index (χ3n) is 4.41. The smallest absolute Gasteiger partial charge is 0.223 e. The number of ether oxygens (including phenoxy) is 1. The lowest BCUT2D eigenvalue weighted by Crippen LogP contribution is -2.29. The molecule has 0 aliphatic carbocycles. The number of nitrogens with zero attached hydrogens (tertiary/aromatic N) is 2. The van der Waals surface area contributed by atoms with Crippen LogP contribution in [0.4, 0.5) is 4.39 Å². The molecule has 136 valence electrons. The summed E-state index contributed by atoms with van der Waals surface area (Å²) in [6.07, 6.45) is 5.84. The third-order valence-corrected chi connectivity index (χ3v) is 4.41. The Hall–Kier alpha value is -2.73. The Morgan fingerprint density at radius 1 is 1.31 bits per heavy atom. The van der Waals surface area contributed by atoms with Gasteiger partial charge in [-0.2, -0.15) is 0 Å². The van der Waals surface area contributed by atoms with Gasteiger partial charge in [-0.05, 0) is 30.7 Å². The van der Waals surface area contributed by atoms with Crippen molar-refractivity contribution in [2.24, 2.45) is 0 Å². The average molecular weight is 355 g/mol. The van der Waals surface area contributed by atoms with Gasteiger partial charge >= 0.3 is 0 Å². The quantitative estimate of drug-likeness (QED) is 0.706. The van der Waals surface area contributed by atoms with Crippen LogP contribution in [0.1, 0.15) is 30.5 Å². The van der Waals surface area contributed by atoms with Crippen molar-refractivity contribution in [1.82, 2.24) is 14.9 Å². The molecule has 3 aromatic rings. The molecule has 1 atom stereocenters. The van der Waals surface area contributed by atoms with Crippen LogP contribution in [0.5, 0.6) is 0 Å². The van der Waals surface area contributed by atoms with Crippen LogP contribution in [0, 0.1) is 5.82 Å². The average Bonchev–Trinajstić information content (AvgIpc) is 3.04. The van der Waals surface area contributed by atoms with Gasteiger partial charge < -0.3 is 14.6 Å². The molecule has 2 heterocycles. The highest BCUT2D eigenvalue weighted by Gasteiger charge is 2.21. The largest absolute Gasteiger partial charge is 0.384 e. The Bertz CT molecular complexity index is 890. The molecule has 1 aromatic carbocycles. The number of aryl methyl sites for hydroxylation is 1. The maximum Gasteiger partial charge on any atom is 0.223 e. The number of fused-ring (bicyclic) bond motifs is 1. The summed E-state index contributed by atoms with van der Waals surface area (Å²) in [5, 5.41) is 4.08. The molecule has 26 heavy (non-hydrogen) atoms. The molecule has 0 radical (unpaired) electrons. The number of rotatable bonds is 7. The highest BCUT2D eigenvalue weighted by atomic mass is 19.1. The van der Waals surface area contributed by atoms with Gasteiger partial charge in [0.1, 0.15) is 5.82 Å². The van der Waals surface area contributed by atoms with Gasteiger partial charge in [0.2, 0.25) is 5.91 Å². The molecule has 0 aliphatic heterocycles. The van der Waals surface area contributed by atoms with Crippen molar-refractivity contribution in [1.29, 1.82) is 0 Å². The van der Waals surface area contributed by atoms with Crippen LogP contribution in [0.25, 0.3) is 10.9 Å². The zero-order chi connectivity index (χ0) is 18.5. The molecule has 6 heteroatoms. The van der Waals surface area contributed by atoms with Crippen LogP contribution in [-0.2, 0) is 16.1 Å². The summed E-state index contributed by atoms with van der Waals surface area (Å²) in [5.74, 6) is -0.425. The maximum atomic E-state index is 13.4. The fourth-order valence-electron chi connectivity index (χ4n) is 3.08. The Morgan fingerprint density at radius 3 is 2.77 bits per heavy atom. The van der Waals surface area contributed by atoms with Gasteiger partial charge in [-0.1, -0.05) is 12.1 Å². The fraction of sp³-hybridized carbons (Fsp3) is 0.300. The lowest BCUT2D eigenvalue weighted by molar-refractivity contribution is -0.122. The number of hydrogen-bond acceptors (Lipinski definition) is 3. The predicted molar refractivity (Wildman–Crippen MR) is 98.3 cm³/mol. The third kappa shape index (κ3) is 3.75. The van der Waals surface area contributed by atoms with Crippen molar-refractivity contribution in [3.05, 3.63) is 65.9 Å². The number of hydrogen-bond donors (Lipinski definition) is 1. The van der Waals surface area contributed by atoms with E-state index in [2.05, 4.69) is 21.8 Å². The van der Waals surface area contributed by atoms with E-state index >= 15 is 0 Å². The number of benzene rings is 1. The second kappa shape index (κ2) is 8.10. The minimum Gasteiger partial charge on any atom is -0.384 e. The molecule has 0 bridgehead atoms. The number of carbonyl (C=O) groups excluding carboxylic acids is 1. The van der Waals surface area contributed by atoms with E-state index in [0.29, 0.717) is 6.61 Å². The topological polar surface area (TPSA) is 56.2 Å². The van der Waals surface area contributed by atoms with Crippen LogP contribution in [0.15, 0.2) is 48.9 Å². The first-order chi connectivity index (χ1) is 12.6. The molecule has 2 aromatic heterocycles. The Balaban J connectivity index is 2.05. The van der Waals surface area contributed by atoms with Gasteiger partial charge in [0, 0.05) is 43.4 Å². The summed E-state index contributed by atoms with van der Waals surface area (Å²) >= 11 is 0. The van der Waals surface area contributed by atoms with Crippen LogP contribution >= 0.6 is 0 Å². The molecular formula is C20H22FN3O2. The van der Waals surface area contributed by atoms with Crippen molar-refractivity contribution in [3.63, 3.8) is 0 Å². The summed E-state index contributed by atoms with van der Waals surface area (Å²) in [4.78, 5) is 16.6. The van der Waals surface area contributed by atoms with Gasteiger partial charge in [0.05, 0.1) is 24.4 Å². The standard InChI is InChI=1S/C20H22FN3O2/c1-3-24-13-17(16-8-10-22-12-18(16)24)20(23-19(25)9-11-26-2)14-4-6-15(21)7-5-14/h4-8,10,12-13,20H,3,9,11H2,1-2H3,(H,23,25). The first kappa shape index (κ1) is 18.1. The zero-order valence-electron chi connectivity index (χ0n) is 14.9. The van der Waals surface area contributed by atoms with Crippen LogP contribution < -0.4 is 5.32 Å².